The number of amides is 1. The van der Waals surface area contributed by atoms with Crippen LogP contribution in [-0.4, -0.2) is 53.1 Å². The molecule has 0 aromatic rings. The van der Waals surface area contributed by atoms with Gasteiger partial charge < -0.3 is 15.5 Å². The highest BCUT2D eigenvalue weighted by molar-refractivity contribution is 7.85. The van der Waals surface area contributed by atoms with Crippen LogP contribution in [0.15, 0.2) is 12.2 Å². The number of aliphatic hydroxyl groups is 2. The maximum atomic E-state index is 12.5. The van der Waals surface area contributed by atoms with E-state index in [0.29, 0.717) is 19.3 Å². The minimum atomic E-state index is -4.40. The van der Waals surface area contributed by atoms with Crippen LogP contribution in [0, 0.1) is 0 Å². The monoisotopic (exact) mass is 646 g/mol. The lowest BCUT2D eigenvalue weighted by molar-refractivity contribution is -0.131. The number of aliphatic hydroxyl groups excluding tert-OH is 2. The van der Waals surface area contributed by atoms with Crippen molar-refractivity contribution in [1.82, 2.24) is 5.32 Å². The molecule has 0 saturated heterocycles. The summed E-state index contributed by atoms with van der Waals surface area (Å²) in [5, 5.41) is 23.4. The van der Waals surface area contributed by atoms with Gasteiger partial charge in [0.05, 0.1) is 17.9 Å². The molecule has 7 nitrogen and oxygen atoms in total. The molecule has 0 heterocycles. The average Bonchev–Trinajstić information content (AvgIpc) is 2.98. The zero-order valence-corrected chi connectivity index (χ0v) is 29.5. The van der Waals surface area contributed by atoms with Gasteiger partial charge in [-0.2, -0.15) is 8.42 Å². The zero-order valence-electron chi connectivity index (χ0n) is 28.7. The highest BCUT2D eigenvalue weighted by Gasteiger charge is 2.28. The molecular formula is C36H71NO6S. The summed E-state index contributed by atoms with van der Waals surface area (Å²) >= 11 is 0. The van der Waals surface area contributed by atoms with E-state index in [-0.39, 0.29) is 6.42 Å². The molecule has 1 amide bonds. The molecule has 0 aliphatic rings. The number of nitrogens with one attached hydrogen (secondary N) is 1. The Kier molecular flexibility index (Phi) is 30.0. The Morgan fingerprint density at radius 1 is 0.591 bits per heavy atom. The van der Waals surface area contributed by atoms with Crippen LogP contribution in [0.5, 0.6) is 0 Å². The molecule has 4 N–H and O–H groups in total. The molecule has 0 aromatic carbocycles. The first-order chi connectivity index (χ1) is 21.2. The van der Waals surface area contributed by atoms with Crippen LogP contribution in [0.1, 0.15) is 187 Å². The Labute approximate surface area is 272 Å². The van der Waals surface area contributed by atoms with Crippen molar-refractivity contribution < 1.29 is 28.0 Å². The lowest BCUT2D eigenvalue weighted by atomic mass is 10.0. The highest BCUT2D eigenvalue weighted by Crippen LogP contribution is 2.16. The van der Waals surface area contributed by atoms with Gasteiger partial charge in [0.15, 0.2) is 0 Å². The molecule has 0 aromatic heterocycles. The fraction of sp³-hybridized carbons (Fsp3) is 0.917. The molecule has 3 unspecified atom stereocenters. The first kappa shape index (κ1) is 43.0. The van der Waals surface area contributed by atoms with Crippen molar-refractivity contribution in [3.8, 4) is 0 Å². The number of allylic oxidation sites excluding steroid dienone is 2. The lowest BCUT2D eigenvalue weighted by Crippen LogP contribution is -2.50. The van der Waals surface area contributed by atoms with E-state index < -0.39 is 40.0 Å². The normalized spacial score (nSPS) is 14.2. The predicted octanol–water partition coefficient (Wildman–Crippen LogP) is 9.21. The number of carbonyl (C=O) groups excluding carboxylic acids is 1. The Morgan fingerprint density at radius 2 is 0.955 bits per heavy atom. The second kappa shape index (κ2) is 30.7. The van der Waals surface area contributed by atoms with E-state index in [9.17, 15) is 28.0 Å². The van der Waals surface area contributed by atoms with E-state index in [1.807, 2.05) is 0 Å². The molecule has 262 valence electrons. The van der Waals surface area contributed by atoms with Gasteiger partial charge in [-0.25, -0.2) is 0 Å². The van der Waals surface area contributed by atoms with Gasteiger partial charge in [0.25, 0.3) is 10.1 Å². The molecule has 0 spiro atoms. The number of rotatable bonds is 33. The molecule has 8 heteroatoms. The number of hydrogen-bond donors (Lipinski definition) is 4. The molecule has 0 saturated carbocycles. The standard InChI is InChI=1S/C36H71NO6S/c1-3-5-7-9-11-13-15-17-18-19-21-22-24-26-28-30-34(38)33(32-44(41,42)43)37-36(40)35(39)31-29-27-25-23-20-16-14-12-10-8-6-4-2/h20,23,33-35,38-39H,3-19,21-22,24-32H2,1-2H3,(H,37,40)(H,41,42,43)/b23-20-. The van der Waals surface area contributed by atoms with E-state index in [1.165, 1.54) is 109 Å². The summed E-state index contributed by atoms with van der Waals surface area (Å²) < 4.78 is 32.4. The van der Waals surface area contributed by atoms with Gasteiger partial charge in [0.2, 0.25) is 5.91 Å². The smallest absolute Gasteiger partial charge is 0.266 e. The fourth-order valence-electron chi connectivity index (χ4n) is 5.69. The molecular weight excluding hydrogens is 574 g/mol. The average molecular weight is 646 g/mol. The van der Waals surface area contributed by atoms with Crippen molar-refractivity contribution in [3.63, 3.8) is 0 Å². The number of carbonyl (C=O) groups is 1. The minimum Gasteiger partial charge on any atom is -0.391 e. The fourth-order valence-corrected chi connectivity index (χ4v) is 6.45. The molecule has 44 heavy (non-hydrogen) atoms. The highest BCUT2D eigenvalue weighted by atomic mass is 32.2. The van der Waals surface area contributed by atoms with E-state index in [1.54, 1.807) is 0 Å². The zero-order chi connectivity index (χ0) is 32.7. The van der Waals surface area contributed by atoms with Crippen molar-refractivity contribution in [2.75, 3.05) is 5.75 Å². The van der Waals surface area contributed by atoms with Crippen molar-refractivity contribution in [1.29, 1.82) is 0 Å². The van der Waals surface area contributed by atoms with Crippen LogP contribution in [0.2, 0.25) is 0 Å². The van der Waals surface area contributed by atoms with Crippen molar-refractivity contribution >= 4 is 16.0 Å². The van der Waals surface area contributed by atoms with Gasteiger partial charge in [0, 0.05) is 0 Å². The molecule has 3 atom stereocenters. The first-order valence-electron chi connectivity index (χ1n) is 18.5. The van der Waals surface area contributed by atoms with Crippen molar-refractivity contribution in [3.05, 3.63) is 12.2 Å². The van der Waals surface area contributed by atoms with Crippen molar-refractivity contribution in [2.24, 2.45) is 0 Å². The van der Waals surface area contributed by atoms with Gasteiger partial charge >= 0.3 is 0 Å². The third-order valence-corrected chi connectivity index (χ3v) is 9.36. The SMILES string of the molecule is CCCCCCCC/C=C\CCCCC(O)C(=O)NC(CS(=O)(=O)O)C(O)CCCCCCCCCCCCCCCCC. The summed E-state index contributed by atoms with van der Waals surface area (Å²) in [4.78, 5) is 12.5. The number of hydrogen-bond acceptors (Lipinski definition) is 5. The Bertz CT molecular complexity index is 773. The second-order valence-electron chi connectivity index (χ2n) is 13.0. The van der Waals surface area contributed by atoms with Gasteiger partial charge in [-0.05, 0) is 38.5 Å². The maximum Gasteiger partial charge on any atom is 0.266 e. The minimum absolute atomic E-state index is 0.269. The first-order valence-corrected chi connectivity index (χ1v) is 20.1. The summed E-state index contributed by atoms with van der Waals surface area (Å²) in [5.74, 6) is -1.47. The number of unbranched alkanes of at least 4 members (excludes halogenated alkanes) is 22. The van der Waals surface area contributed by atoms with Crippen LogP contribution in [-0.2, 0) is 14.9 Å². The molecule has 0 radical (unpaired) electrons. The molecule has 0 rings (SSSR count). The van der Waals surface area contributed by atoms with Crippen LogP contribution in [0.3, 0.4) is 0 Å². The van der Waals surface area contributed by atoms with Gasteiger partial charge in [-0.15, -0.1) is 0 Å². The Morgan fingerprint density at radius 3 is 1.39 bits per heavy atom. The molecule has 0 aliphatic heterocycles. The topological polar surface area (TPSA) is 124 Å². The molecule has 0 fully saturated rings. The van der Waals surface area contributed by atoms with Gasteiger partial charge in [-0.1, -0.05) is 161 Å². The lowest BCUT2D eigenvalue weighted by Gasteiger charge is -2.24. The quantitative estimate of drug-likeness (QED) is 0.0320. The van der Waals surface area contributed by atoms with Crippen molar-refractivity contribution in [2.45, 2.75) is 205 Å². The third kappa shape index (κ3) is 29.7. The summed E-state index contributed by atoms with van der Waals surface area (Å²) in [6.45, 7) is 4.48. The van der Waals surface area contributed by atoms with E-state index in [4.69, 9.17) is 0 Å². The summed E-state index contributed by atoms with van der Waals surface area (Å²) in [7, 11) is -4.40. The largest absolute Gasteiger partial charge is 0.391 e. The van der Waals surface area contributed by atoms with Crippen LogP contribution in [0.4, 0.5) is 0 Å². The van der Waals surface area contributed by atoms with Crippen LogP contribution in [0.25, 0.3) is 0 Å². The summed E-state index contributed by atoms with van der Waals surface area (Å²) in [5.41, 5.74) is 0. The summed E-state index contributed by atoms with van der Waals surface area (Å²) in [6.07, 6.45) is 32.3. The van der Waals surface area contributed by atoms with Gasteiger partial charge in [0.1, 0.15) is 6.10 Å². The molecule has 0 aliphatic carbocycles. The third-order valence-electron chi connectivity index (χ3n) is 8.58. The van der Waals surface area contributed by atoms with Crippen LogP contribution >= 0.6 is 0 Å². The van der Waals surface area contributed by atoms with Gasteiger partial charge in [-0.3, -0.25) is 9.35 Å². The Hall–Kier alpha value is -0.960. The summed E-state index contributed by atoms with van der Waals surface area (Å²) in [6, 6.07) is -1.15. The second-order valence-corrected chi connectivity index (χ2v) is 14.5. The van der Waals surface area contributed by atoms with E-state index >= 15 is 0 Å². The van der Waals surface area contributed by atoms with Crippen LogP contribution < -0.4 is 5.32 Å². The predicted molar refractivity (Wildman–Crippen MR) is 186 cm³/mol. The van der Waals surface area contributed by atoms with E-state index in [2.05, 4.69) is 31.3 Å². The molecule has 0 bridgehead atoms. The Balaban J connectivity index is 4.07. The maximum absolute atomic E-state index is 12.5. The van der Waals surface area contributed by atoms with E-state index in [0.717, 1.165) is 38.5 Å².